The molecule has 0 aliphatic carbocycles. The van der Waals surface area contributed by atoms with Crippen molar-refractivity contribution in [1.82, 2.24) is 5.32 Å². The molecule has 1 aromatic carbocycles. The van der Waals surface area contributed by atoms with E-state index in [9.17, 15) is 26.3 Å². The van der Waals surface area contributed by atoms with Gasteiger partial charge in [0.2, 0.25) is 0 Å². The van der Waals surface area contributed by atoms with Crippen LogP contribution in [0.5, 0.6) is 0 Å². The third-order valence-corrected chi connectivity index (χ3v) is 3.63. The molecule has 0 bridgehead atoms. The maximum Gasteiger partial charge on any atom is 0.416 e. The highest BCUT2D eigenvalue weighted by Gasteiger charge is 2.37. The molecule has 1 aliphatic heterocycles. The molecule has 1 fully saturated rings. The molecule has 0 saturated carbocycles. The molecular weight excluding hydrogens is 332 g/mol. The summed E-state index contributed by atoms with van der Waals surface area (Å²) in [6.07, 6.45) is -7.78. The fraction of sp³-hybridized carbons (Fsp3) is 0.571. The van der Waals surface area contributed by atoms with Crippen molar-refractivity contribution < 1.29 is 26.3 Å². The number of hydrogen-bond donors (Lipinski definition) is 1. The number of benzene rings is 1. The van der Waals surface area contributed by atoms with Crippen LogP contribution in [0.25, 0.3) is 0 Å². The number of alkyl halides is 6. The number of rotatable bonds is 2. The van der Waals surface area contributed by atoms with E-state index < -0.39 is 23.5 Å². The monoisotopic (exact) mass is 347 g/mol. The van der Waals surface area contributed by atoms with Gasteiger partial charge in [-0.1, -0.05) is 0 Å². The molecular formula is C14H16ClF6N. The molecule has 2 rings (SSSR count). The zero-order valence-corrected chi connectivity index (χ0v) is 12.3. The van der Waals surface area contributed by atoms with Gasteiger partial charge in [0.1, 0.15) is 0 Å². The standard InChI is InChI=1S/C14H15F6N.ClH/c15-13(16,17)11-6-10(5-9-1-3-21-4-2-9)7-12(8-11)14(18,19)20;/h6-9,21H,1-5H2;1H. The second-order valence-electron chi connectivity index (χ2n) is 5.31. The SMILES string of the molecule is Cl.FC(F)(F)c1cc(CC2CCNCC2)cc(C(F)(F)F)c1. The summed E-state index contributed by atoms with van der Waals surface area (Å²) in [6.45, 7) is 1.49. The van der Waals surface area contributed by atoms with Crippen LogP contribution < -0.4 is 5.32 Å². The smallest absolute Gasteiger partial charge is 0.317 e. The maximum absolute atomic E-state index is 12.7. The minimum Gasteiger partial charge on any atom is -0.317 e. The molecule has 0 spiro atoms. The average Bonchev–Trinajstić information content (AvgIpc) is 2.37. The van der Waals surface area contributed by atoms with Crippen molar-refractivity contribution in [1.29, 1.82) is 0 Å². The van der Waals surface area contributed by atoms with Crippen molar-refractivity contribution in [3.63, 3.8) is 0 Å². The van der Waals surface area contributed by atoms with Crippen LogP contribution in [0.3, 0.4) is 0 Å². The third kappa shape index (κ3) is 5.05. The second kappa shape index (κ2) is 7.08. The Morgan fingerprint density at radius 2 is 1.32 bits per heavy atom. The molecule has 1 aromatic rings. The molecule has 1 nitrogen and oxygen atoms in total. The van der Waals surface area contributed by atoms with E-state index in [0.29, 0.717) is 0 Å². The molecule has 126 valence electrons. The molecule has 0 atom stereocenters. The Balaban J connectivity index is 0.00000242. The lowest BCUT2D eigenvalue weighted by molar-refractivity contribution is -0.143. The Morgan fingerprint density at radius 3 is 1.73 bits per heavy atom. The van der Waals surface area contributed by atoms with Gasteiger partial charge in [-0.05, 0) is 62.0 Å². The molecule has 0 amide bonds. The summed E-state index contributed by atoms with van der Waals surface area (Å²) >= 11 is 0. The van der Waals surface area contributed by atoms with Crippen LogP contribution in [-0.2, 0) is 18.8 Å². The summed E-state index contributed by atoms with van der Waals surface area (Å²) in [5.74, 6) is 0.121. The summed E-state index contributed by atoms with van der Waals surface area (Å²) in [7, 11) is 0. The van der Waals surface area contributed by atoms with Gasteiger partial charge < -0.3 is 5.32 Å². The van der Waals surface area contributed by atoms with Gasteiger partial charge in [0.15, 0.2) is 0 Å². The predicted octanol–water partition coefficient (Wildman–Crippen LogP) is 4.69. The number of halogens is 7. The normalized spacial score (nSPS) is 17.2. The second-order valence-corrected chi connectivity index (χ2v) is 5.31. The van der Waals surface area contributed by atoms with Crippen LogP contribution in [-0.4, -0.2) is 13.1 Å². The van der Waals surface area contributed by atoms with Crippen molar-refractivity contribution in [2.24, 2.45) is 5.92 Å². The zero-order valence-electron chi connectivity index (χ0n) is 11.5. The number of hydrogen-bond acceptors (Lipinski definition) is 1. The van der Waals surface area contributed by atoms with Crippen LogP contribution in [0.15, 0.2) is 18.2 Å². The van der Waals surface area contributed by atoms with Crippen LogP contribution in [0.2, 0.25) is 0 Å². The van der Waals surface area contributed by atoms with Gasteiger partial charge in [-0.15, -0.1) is 12.4 Å². The quantitative estimate of drug-likeness (QED) is 0.765. The first kappa shape index (κ1) is 19.1. The molecule has 1 heterocycles. The Bertz CT molecular complexity index is 459. The first-order valence-corrected chi connectivity index (χ1v) is 6.65. The molecule has 22 heavy (non-hydrogen) atoms. The van der Waals surface area contributed by atoms with Gasteiger partial charge in [-0.3, -0.25) is 0 Å². The lowest BCUT2D eigenvalue weighted by Crippen LogP contribution is -2.28. The van der Waals surface area contributed by atoms with E-state index >= 15 is 0 Å². The van der Waals surface area contributed by atoms with E-state index in [2.05, 4.69) is 5.32 Å². The number of piperidine rings is 1. The zero-order chi connectivity index (χ0) is 15.7. The fourth-order valence-corrected chi connectivity index (χ4v) is 2.56. The van der Waals surface area contributed by atoms with Crippen LogP contribution in [0, 0.1) is 5.92 Å². The first-order valence-electron chi connectivity index (χ1n) is 6.65. The molecule has 0 unspecified atom stereocenters. The molecule has 1 saturated heterocycles. The highest BCUT2D eigenvalue weighted by molar-refractivity contribution is 5.85. The summed E-state index contributed by atoms with van der Waals surface area (Å²) in [4.78, 5) is 0. The van der Waals surface area contributed by atoms with Gasteiger partial charge in [0.05, 0.1) is 11.1 Å². The highest BCUT2D eigenvalue weighted by Crippen LogP contribution is 2.37. The Kier molecular flexibility index (Phi) is 6.15. The molecule has 0 radical (unpaired) electrons. The lowest BCUT2D eigenvalue weighted by Gasteiger charge is -2.23. The van der Waals surface area contributed by atoms with Gasteiger partial charge in [-0.2, -0.15) is 26.3 Å². The summed E-state index contributed by atoms with van der Waals surface area (Å²) in [6, 6.07) is 1.83. The van der Waals surface area contributed by atoms with E-state index in [1.165, 1.54) is 0 Å². The Morgan fingerprint density at radius 1 is 0.864 bits per heavy atom. The Labute approximate surface area is 130 Å². The summed E-state index contributed by atoms with van der Waals surface area (Å²) in [5, 5.41) is 3.11. The van der Waals surface area contributed by atoms with Gasteiger partial charge in [0, 0.05) is 0 Å². The van der Waals surface area contributed by atoms with Crippen molar-refractivity contribution >= 4 is 12.4 Å². The highest BCUT2D eigenvalue weighted by atomic mass is 35.5. The average molecular weight is 348 g/mol. The molecule has 1 aliphatic rings. The van der Waals surface area contributed by atoms with Crippen molar-refractivity contribution in [2.45, 2.75) is 31.6 Å². The van der Waals surface area contributed by atoms with E-state index in [1.54, 1.807) is 0 Å². The minimum absolute atomic E-state index is 0. The number of nitrogens with one attached hydrogen (secondary N) is 1. The van der Waals surface area contributed by atoms with Crippen molar-refractivity contribution in [2.75, 3.05) is 13.1 Å². The van der Waals surface area contributed by atoms with E-state index in [0.717, 1.165) is 38.1 Å². The summed E-state index contributed by atoms with van der Waals surface area (Å²) in [5.41, 5.74) is -2.37. The summed E-state index contributed by atoms with van der Waals surface area (Å²) < 4.78 is 76.4. The fourth-order valence-electron chi connectivity index (χ4n) is 2.56. The van der Waals surface area contributed by atoms with E-state index in [1.807, 2.05) is 0 Å². The molecule has 0 aromatic heterocycles. The maximum atomic E-state index is 12.7. The molecule has 1 N–H and O–H groups in total. The lowest BCUT2D eigenvalue weighted by atomic mass is 9.89. The van der Waals surface area contributed by atoms with E-state index in [4.69, 9.17) is 0 Å². The van der Waals surface area contributed by atoms with Crippen molar-refractivity contribution in [3.05, 3.63) is 34.9 Å². The van der Waals surface area contributed by atoms with E-state index in [-0.39, 0.29) is 36.4 Å². The Hall–Kier alpha value is -0.950. The van der Waals surface area contributed by atoms with Gasteiger partial charge in [-0.25, -0.2) is 0 Å². The third-order valence-electron chi connectivity index (χ3n) is 3.63. The van der Waals surface area contributed by atoms with Crippen LogP contribution >= 0.6 is 12.4 Å². The van der Waals surface area contributed by atoms with Crippen molar-refractivity contribution in [3.8, 4) is 0 Å². The predicted molar refractivity (Wildman–Crippen MR) is 73.0 cm³/mol. The minimum atomic E-state index is -4.77. The first-order chi connectivity index (χ1) is 9.66. The van der Waals surface area contributed by atoms with Crippen LogP contribution in [0.1, 0.15) is 29.5 Å². The largest absolute Gasteiger partial charge is 0.416 e. The topological polar surface area (TPSA) is 12.0 Å². The molecule has 8 heteroatoms. The van der Waals surface area contributed by atoms with Gasteiger partial charge in [0.25, 0.3) is 0 Å². The van der Waals surface area contributed by atoms with Crippen LogP contribution in [0.4, 0.5) is 26.3 Å². The van der Waals surface area contributed by atoms with Gasteiger partial charge >= 0.3 is 12.4 Å².